The van der Waals surface area contributed by atoms with Crippen molar-refractivity contribution in [2.75, 3.05) is 7.11 Å². The minimum Gasteiger partial charge on any atom is -0.465 e. The molecule has 0 radical (unpaired) electrons. The van der Waals surface area contributed by atoms with Crippen molar-refractivity contribution in [2.24, 2.45) is 5.73 Å². The van der Waals surface area contributed by atoms with E-state index in [0.717, 1.165) is 0 Å². The molecule has 0 saturated heterocycles. The number of rotatable bonds is 2. The van der Waals surface area contributed by atoms with E-state index in [4.69, 9.17) is 10.2 Å². The van der Waals surface area contributed by atoms with Crippen LogP contribution in [0.5, 0.6) is 0 Å². The second-order valence-electron chi connectivity index (χ2n) is 3.92. The SMILES string of the molecule is COC(=O)c1cc(C2(N)CC2(F)F)oc1C. The first-order valence-electron chi connectivity index (χ1n) is 4.68. The number of methoxy groups -OCH3 is 1. The summed E-state index contributed by atoms with van der Waals surface area (Å²) in [7, 11) is 1.21. The summed E-state index contributed by atoms with van der Waals surface area (Å²) in [6.07, 6.45) is -0.465. The van der Waals surface area contributed by atoms with Crippen LogP contribution in [0, 0.1) is 6.92 Å². The lowest BCUT2D eigenvalue weighted by atomic mass is 10.1. The second-order valence-corrected chi connectivity index (χ2v) is 3.92. The van der Waals surface area contributed by atoms with Gasteiger partial charge in [0.2, 0.25) is 0 Å². The van der Waals surface area contributed by atoms with Crippen LogP contribution in [0.15, 0.2) is 10.5 Å². The van der Waals surface area contributed by atoms with E-state index < -0.39 is 23.9 Å². The van der Waals surface area contributed by atoms with Crippen LogP contribution in [0.4, 0.5) is 8.78 Å². The number of carbonyl (C=O) groups excluding carboxylic acids is 1. The highest BCUT2D eigenvalue weighted by molar-refractivity contribution is 5.90. The van der Waals surface area contributed by atoms with Crippen LogP contribution in [0.1, 0.15) is 28.3 Å². The molecule has 88 valence electrons. The number of carbonyl (C=O) groups is 1. The highest BCUT2D eigenvalue weighted by atomic mass is 19.3. The number of nitrogens with two attached hydrogens (primary N) is 1. The summed E-state index contributed by atoms with van der Waals surface area (Å²) in [6.45, 7) is 1.50. The zero-order valence-electron chi connectivity index (χ0n) is 8.84. The van der Waals surface area contributed by atoms with Crippen LogP contribution in [-0.4, -0.2) is 19.0 Å². The summed E-state index contributed by atoms with van der Waals surface area (Å²) in [4.78, 5) is 11.2. The third-order valence-electron chi connectivity index (χ3n) is 2.79. The number of hydrogen-bond donors (Lipinski definition) is 1. The van der Waals surface area contributed by atoms with Gasteiger partial charge in [0.15, 0.2) is 0 Å². The maximum absolute atomic E-state index is 13.0. The standard InChI is InChI=1S/C10H11F2NO3/c1-5-6(8(14)15-2)3-7(16-5)9(13)4-10(9,11)12/h3H,4,13H2,1-2H3. The van der Waals surface area contributed by atoms with E-state index in [2.05, 4.69) is 4.74 Å². The Kier molecular flexibility index (Phi) is 2.10. The number of alkyl halides is 2. The molecule has 2 rings (SSSR count). The monoisotopic (exact) mass is 231 g/mol. The number of aryl methyl sites for hydroxylation is 1. The summed E-state index contributed by atoms with van der Waals surface area (Å²) in [5.74, 6) is -3.44. The topological polar surface area (TPSA) is 65.5 Å². The van der Waals surface area contributed by atoms with E-state index in [1.807, 2.05) is 0 Å². The number of furan rings is 1. The molecule has 4 nitrogen and oxygen atoms in total. The molecular formula is C10H11F2NO3. The van der Waals surface area contributed by atoms with E-state index in [0.29, 0.717) is 0 Å². The Balaban J connectivity index is 2.36. The molecule has 0 aromatic carbocycles. The van der Waals surface area contributed by atoms with Crippen LogP contribution in [0.25, 0.3) is 0 Å². The highest BCUT2D eigenvalue weighted by Crippen LogP contribution is 2.58. The lowest BCUT2D eigenvalue weighted by Gasteiger charge is -2.05. The van der Waals surface area contributed by atoms with Crippen LogP contribution in [-0.2, 0) is 10.3 Å². The number of ether oxygens (including phenoxy) is 1. The average Bonchev–Trinajstić information content (AvgIpc) is 2.59. The fourth-order valence-corrected chi connectivity index (χ4v) is 1.59. The predicted octanol–water partition coefficient (Wildman–Crippen LogP) is 1.57. The summed E-state index contributed by atoms with van der Waals surface area (Å²) >= 11 is 0. The van der Waals surface area contributed by atoms with Crippen LogP contribution < -0.4 is 5.73 Å². The molecular weight excluding hydrogens is 220 g/mol. The Bertz CT molecular complexity index is 455. The van der Waals surface area contributed by atoms with Gasteiger partial charge in [0, 0.05) is 6.42 Å². The van der Waals surface area contributed by atoms with Gasteiger partial charge in [-0.1, -0.05) is 0 Å². The molecule has 0 spiro atoms. The van der Waals surface area contributed by atoms with Gasteiger partial charge in [0.25, 0.3) is 5.92 Å². The third kappa shape index (κ3) is 1.33. The van der Waals surface area contributed by atoms with Crippen molar-refractivity contribution < 1.29 is 22.7 Å². The van der Waals surface area contributed by atoms with Gasteiger partial charge in [-0.3, -0.25) is 0 Å². The van der Waals surface area contributed by atoms with Crippen molar-refractivity contribution >= 4 is 5.97 Å². The van der Waals surface area contributed by atoms with E-state index in [9.17, 15) is 13.6 Å². The van der Waals surface area contributed by atoms with Crippen molar-refractivity contribution in [1.82, 2.24) is 0 Å². The van der Waals surface area contributed by atoms with E-state index in [-0.39, 0.29) is 17.1 Å². The average molecular weight is 231 g/mol. The van der Waals surface area contributed by atoms with Gasteiger partial charge in [0.1, 0.15) is 22.6 Å². The lowest BCUT2D eigenvalue weighted by molar-refractivity contribution is 0.0598. The zero-order chi connectivity index (χ0) is 12.1. The first-order valence-corrected chi connectivity index (χ1v) is 4.68. The largest absolute Gasteiger partial charge is 0.465 e. The Morgan fingerprint density at radius 2 is 2.19 bits per heavy atom. The first kappa shape index (κ1) is 11.1. The Morgan fingerprint density at radius 1 is 1.62 bits per heavy atom. The molecule has 1 aromatic heterocycles. The molecule has 1 atom stereocenters. The Hall–Kier alpha value is -1.43. The lowest BCUT2D eigenvalue weighted by Crippen LogP contribution is -2.26. The molecule has 1 saturated carbocycles. The van der Waals surface area contributed by atoms with Crippen molar-refractivity contribution in [3.05, 3.63) is 23.2 Å². The van der Waals surface area contributed by atoms with Gasteiger partial charge in [-0.25, -0.2) is 13.6 Å². The van der Waals surface area contributed by atoms with Gasteiger partial charge < -0.3 is 14.9 Å². The van der Waals surface area contributed by atoms with Crippen molar-refractivity contribution in [3.63, 3.8) is 0 Å². The molecule has 2 N–H and O–H groups in total. The van der Waals surface area contributed by atoms with E-state index in [1.165, 1.54) is 20.1 Å². The first-order chi connectivity index (χ1) is 7.32. The minimum absolute atomic E-state index is 0.0737. The molecule has 6 heteroatoms. The quantitative estimate of drug-likeness (QED) is 0.784. The van der Waals surface area contributed by atoms with Crippen LogP contribution >= 0.6 is 0 Å². The van der Waals surface area contributed by atoms with Gasteiger partial charge in [-0.05, 0) is 13.0 Å². The van der Waals surface area contributed by atoms with Crippen molar-refractivity contribution in [3.8, 4) is 0 Å². The highest BCUT2D eigenvalue weighted by Gasteiger charge is 2.72. The summed E-state index contributed by atoms with van der Waals surface area (Å²) < 4.78 is 35.6. The van der Waals surface area contributed by atoms with Gasteiger partial charge in [0.05, 0.1) is 7.11 Å². The smallest absolute Gasteiger partial charge is 0.341 e. The molecule has 1 aliphatic rings. The Morgan fingerprint density at radius 3 is 2.62 bits per heavy atom. The predicted molar refractivity (Wildman–Crippen MR) is 50.2 cm³/mol. The molecule has 1 aliphatic carbocycles. The van der Waals surface area contributed by atoms with E-state index >= 15 is 0 Å². The molecule has 0 aliphatic heterocycles. The maximum atomic E-state index is 13.0. The van der Waals surface area contributed by atoms with Gasteiger partial charge in [-0.2, -0.15) is 0 Å². The molecule has 0 amide bonds. The summed E-state index contributed by atoms with van der Waals surface area (Å²) in [5.41, 5.74) is 3.83. The molecule has 1 heterocycles. The van der Waals surface area contributed by atoms with Crippen LogP contribution in [0.2, 0.25) is 0 Å². The minimum atomic E-state index is -2.97. The normalized spacial score (nSPS) is 26.6. The second kappa shape index (κ2) is 3.04. The number of esters is 1. The number of hydrogen-bond acceptors (Lipinski definition) is 4. The van der Waals surface area contributed by atoms with Crippen molar-refractivity contribution in [1.29, 1.82) is 0 Å². The molecule has 1 unspecified atom stereocenters. The zero-order valence-corrected chi connectivity index (χ0v) is 8.84. The van der Waals surface area contributed by atoms with Crippen LogP contribution in [0.3, 0.4) is 0 Å². The van der Waals surface area contributed by atoms with Crippen molar-refractivity contribution in [2.45, 2.75) is 24.8 Å². The fraction of sp³-hybridized carbons (Fsp3) is 0.500. The summed E-state index contributed by atoms with van der Waals surface area (Å²) in [5, 5.41) is 0. The molecule has 1 fully saturated rings. The van der Waals surface area contributed by atoms with Gasteiger partial charge in [-0.15, -0.1) is 0 Å². The maximum Gasteiger partial charge on any atom is 0.341 e. The van der Waals surface area contributed by atoms with Gasteiger partial charge >= 0.3 is 5.97 Å². The summed E-state index contributed by atoms with van der Waals surface area (Å²) in [6, 6.07) is 1.22. The number of halogens is 2. The third-order valence-corrected chi connectivity index (χ3v) is 2.79. The Labute approximate surface area is 90.4 Å². The molecule has 1 aromatic rings. The molecule has 0 bridgehead atoms. The van der Waals surface area contributed by atoms with E-state index in [1.54, 1.807) is 0 Å². The molecule has 16 heavy (non-hydrogen) atoms. The fourth-order valence-electron chi connectivity index (χ4n) is 1.59.